The second-order valence-electron chi connectivity index (χ2n) is 7.07. The maximum Gasteiger partial charge on any atom is 0.214 e. The van der Waals surface area contributed by atoms with Gasteiger partial charge in [-0.3, -0.25) is 4.90 Å². The van der Waals surface area contributed by atoms with E-state index in [2.05, 4.69) is 33.7 Å². The van der Waals surface area contributed by atoms with Gasteiger partial charge >= 0.3 is 0 Å². The van der Waals surface area contributed by atoms with Gasteiger partial charge < -0.3 is 4.90 Å². The Morgan fingerprint density at radius 1 is 1.08 bits per heavy atom. The first-order valence-corrected chi connectivity index (χ1v) is 10.6. The fourth-order valence-electron chi connectivity index (χ4n) is 3.78. The van der Waals surface area contributed by atoms with Gasteiger partial charge in [-0.15, -0.1) is 0 Å². The van der Waals surface area contributed by atoms with E-state index >= 15 is 0 Å². The van der Waals surface area contributed by atoms with Crippen LogP contribution >= 0.6 is 0 Å². The summed E-state index contributed by atoms with van der Waals surface area (Å²) in [5, 5.41) is -0.193. The highest BCUT2D eigenvalue weighted by Gasteiger charge is 2.31. The van der Waals surface area contributed by atoms with Crippen molar-refractivity contribution in [1.29, 1.82) is 0 Å². The molecular weight excluding hydrogens is 322 g/mol. The van der Waals surface area contributed by atoms with E-state index in [-0.39, 0.29) is 11.3 Å². The summed E-state index contributed by atoms with van der Waals surface area (Å²) in [6.45, 7) is 4.46. The van der Waals surface area contributed by atoms with Gasteiger partial charge in [0, 0.05) is 38.8 Å². The van der Waals surface area contributed by atoms with Crippen molar-refractivity contribution in [2.24, 2.45) is 0 Å². The Morgan fingerprint density at radius 2 is 1.71 bits per heavy atom. The van der Waals surface area contributed by atoms with Crippen LogP contribution in [0.5, 0.6) is 0 Å². The van der Waals surface area contributed by atoms with E-state index in [1.54, 1.807) is 0 Å². The van der Waals surface area contributed by atoms with Crippen LogP contribution in [0.3, 0.4) is 0 Å². The predicted octanol–water partition coefficient (Wildman–Crippen LogP) is 1.84. The quantitative estimate of drug-likeness (QED) is 0.850. The highest BCUT2D eigenvalue weighted by Crippen LogP contribution is 2.26. The summed E-state index contributed by atoms with van der Waals surface area (Å²) in [7, 11) is -1.06. The summed E-state index contributed by atoms with van der Waals surface area (Å²) in [5.41, 5.74) is 1.19. The van der Waals surface area contributed by atoms with Crippen LogP contribution in [-0.2, 0) is 10.0 Å². The minimum atomic E-state index is -3.20. The second-order valence-corrected chi connectivity index (χ2v) is 9.11. The lowest BCUT2D eigenvalue weighted by molar-refractivity contribution is 0.113. The Bertz CT molecular complexity index is 606. The normalized spacial score (nSPS) is 22.7. The standard InChI is InChI=1S/C18H29N3O2S/c1-20-11-13-21(14-12-20)18(16-7-3-2-4-8-16)15-19-24(22,23)17-9-5-6-10-17/h2-4,7-8,17-19H,5-6,9-15H2,1H3. The van der Waals surface area contributed by atoms with Gasteiger partial charge in [0.25, 0.3) is 0 Å². The van der Waals surface area contributed by atoms with Crippen LogP contribution in [0.25, 0.3) is 0 Å². The van der Waals surface area contributed by atoms with E-state index in [9.17, 15) is 8.42 Å². The summed E-state index contributed by atoms with van der Waals surface area (Å²) in [5.74, 6) is 0. The number of nitrogens with one attached hydrogen (secondary N) is 1. The number of rotatable bonds is 6. The summed E-state index contributed by atoms with van der Waals surface area (Å²) >= 11 is 0. The molecule has 1 aliphatic carbocycles. The van der Waals surface area contributed by atoms with Crippen LogP contribution in [0.1, 0.15) is 37.3 Å². The van der Waals surface area contributed by atoms with E-state index in [1.807, 2.05) is 18.2 Å². The molecule has 24 heavy (non-hydrogen) atoms. The third kappa shape index (κ3) is 4.36. The number of benzene rings is 1. The van der Waals surface area contributed by atoms with Gasteiger partial charge in [0.05, 0.1) is 5.25 Å². The molecule has 1 atom stereocenters. The monoisotopic (exact) mass is 351 g/mol. The summed E-state index contributed by atoms with van der Waals surface area (Å²) in [6, 6.07) is 10.4. The summed E-state index contributed by atoms with van der Waals surface area (Å²) < 4.78 is 28.1. The molecule has 1 heterocycles. The number of nitrogens with zero attached hydrogens (tertiary/aromatic N) is 2. The molecule has 0 aromatic heterocycles. The second kappa shape index (κ2) is 7.95. The molecular formula is C18H29N3O2S. The molecule has 0 radical (unpaired) electrons. The third-order valence-electron chi connectivity index (χ3n) is 5.38. The Morgan fingerprint density at radius 3 is 2.33 bits per heavy atom. The first-order chi connectivity index (χ1) is 11.6. The Labute approximate surface area is 146 Å². The highest BCUT2D eigenvalue weighted by molar-refractivity contribution is 7.90. The van der Waals surface area contributed by atoms with E-state index in [0.29, 0.717) is 6.54 Å². The van der Waals surface area contributed by atoms with E-state index in [4.69, 9.17) is 0 Å². The zero-order valence-corrected chi connectivity index (χ0v) is 15.3. The molecule has 1 saturated carbocycles. The minimum Gasteiger partial charge on any atom is -0.304 e. The van der Waals surface area contributed by atoms with Gasteiger partial charge in [0.2, 0.25) is 10.0 Å². The van der Waals surface area contributed by atoms with Gasteiger partial charge in [-0.25, -0.2) is 13.1 Å². The van der Waals surface area contributed by atoms with Crippen LogP contribution in [0.4, 0.5) is 0 Å². The van der Waals surface area contributed by atoms with E-state index < -0.39 is 10.0 Å². The molecule has 2 fully saturated rings. The summed E-state index contributed by atoms with van der Waals surface area (Å²) in [4.78, 5) is 4.73. The molecule has 2 aliphatic rings. The molecule has 1 N–H and O–H groups in total. The summed E-state index contributed by atoms with van der Waals surface area (Å²) in [6.07, 6.45) is 3.68. The van der Waals surface area contributed by atoms with Gasteiger partial charge in [-0.1, -0.05) is 43.2 Å². The molecule has 1 aromatic rings. The number of likely N-dealkylation sites (N-methyl/N-ethyl adjacent to an activating group) is 1. The molecule has 5 nitrogen and oxygen atoms in total. The lowest BCUT2D eigenvalue weighted by Gasteiger charge is -2.38. The Hall–Kier alpha value is -0.950. The molecule has 134 valence electrons. The van der Waals surface area contributed by atoms with Crippen LogP contribution in [0.2, 0.25) is 0 Å². The van der Waals surface area contributed by atoms with Crippen molar-refractivity contribution in [3.8, 4) is 0 Å². The molecule has 0 spiro atoms. The lowest BCUT2D eigenvalue weighted by atomic mass is 10.0. The van der Waals surface area contributed by atoms with Crippen molar-refractivity contribution in [3.05, 3.63) is 35.9 Å². The van der Waals surface area contributed by atoms with Crippen LogP contribution in [0, 0.1) is 0 Å². The molecule has 1 saturated heterocycles. The SMILES string of the molecule is CN1CCN(C(CNS(=O)(=O)C2CCCC2)c2ccccc2)CC1. The maximum absolute atomic E-state index is 12.6. The lowest BCUT2D eigenvalue weighted by Crippen LogP contribution is -2.49. The molecule has 0 amide bonds. The van der Waals surface area contributed by atoms with Crippen molar-refractivity contribution < 1.29 is 8.42 Å². The van der Waals surface area contributed by atoms with Crippen molar-refractivity contribution in [2.45, 2.75) is 37.0 Å². The van der Waals surface area contributed by atoms with Crippen molar-refractivity contribution in [1.82, 2.24) is 14.5 Å². The zero-order chi connectivity index (χ0) is 17.0. The fourth-order valence-corrected chi connectivity index (χ4v) is 5.36. The fraction of sp³-hybridized carbons (Fsp3) is 0.667. The van der Waals surface area contributed by atoms with Crippen molar-refractivity contribution in [3.63, 3.8) is 0 Å². The molecule has 1 unspecified atom stereocenters. The largest absolute Gasteiger partial charge is 0.304 e. The highest BCUT2D eigenvalue weighted by atomic mass is 32.2. The first-order valence-electron chi connectivity index (χ1n) is 9.02. The van der Waals surface area contributed by atoms with Gasteiger partial charge in [-0.2, -0.15) is 0 Å². The average molecular weight is 352 g/mol. The maximum atomic E-state index is 12.6. The first kappa shape index (κ1) is 17.9. The van der Waals surface area contributed by atoms with Gasteiger partial charge in [-0.05, 0) is 25.5 Å². The van der Waals surface area contributed by atoms with Crippen LogP contribution in [-0.4, -0.2) is 63.2 Å². The van der Waals surface area contributed by atoms with Crippen molar-refractivity contribution >= 4 is 10.0 Å². The molecule has 1 aromatic carbocycles. The van der Waals surface area contributed by atoms with Crippen LogP contribution in [0.15, 0.2) is 30.3 Å². The number of sulfonamides is 1. The van der Waals surface area contributed by atoms with E-state index in [0.717, 1.165) is 51.9 Å². The van der Waals surface area contributed by atoms with Gasteiger partial charge in [0.1, 0.15) is 0 Å². The number of piperazine rings is 1. The predicted molar refractivity (Wildman–Crippen MR) is 97.4 cm³/mol. The Kier molecular flexibility index (Phi) is 5.92. The van der Waals surface area contributed by atoms with Crippen LogP contribution < -0.4 is 4.72 Å². The Balaban J connectivity index is 1.70. The topological polar surface area (TPSA) is 52.6 Å². The number of hydrogen-bond acceptors (Lipinski definition) is 4. The smallest absolute Gasteiger partial charge is 0.214 e. The molecule has 6 heteroatoms. The zero-order valence-electron chi connectivity index (χ0n) is 14.5. The molecule has 1 aliphatic heterocycles. The molecule has 3 rings (SSSR count). The molecule has 0 bridgehead atoms. The van der Waals surface area contributed by atoms with Crippen molar-refractivity contribution in [2.75, 3.05) is 39.8 Å². The minimum absolute atomic E-state index is 0.107. The van der Waals surface area contributed by atoms with E-state index in [1.165, 1.54) is 5.56 Å². The number of hydrogen-bond donors (Lipinski definition) is 1. The van der Waals surface area contributed by atoms with Gasteiger partial charge in [0.15, 0.2) is 0 Å². The average Bonchev–Trinajstić information content (AvgIpc) is 3.13. The third-order valence-corrected chi connectivity index (χ3v) is 7.30.